The predicted molar refractivity (Wildman–Crippen MR) is 51.8 cm³/mol. The molecule has 2 heterocycles. The number of rotatable bonds is 1. The minimum Gasteiger partial charge on any atom is -0.333 e. The molecule has 0 saturated heterocycles. The van der Waals surface area contributed by atoms with Crippen LogP contribution >= 0.6 is 11.3 Å². The SMILES string of the molecule is NNc1nc2ccsc2c(=O)n1N. The Bertz CT molecular complexity index is 501. The minimum atomic E-state index is -0.298. The molecule has 0 bridgehead atoms. The third-order valence-corrected chi connectivity index (χ3v) is 2.53. The van der Waals surface area contributed by atoms with E-state index in [4.69, 9.17) is 11.7 Å². The minimum absolute atomic E-state index is 0.149. The molecule has 0 aromatic carbocycles. The number of nitrogens with zero attached hydrogens (tertiary/aromatic N) is 2. The van der Waals surface area contributed by atoms with E-state index in [0.29, 0.717) is 10.2 Å². The van der Waals surface area contributed by atoms with Crippen molar-refractivity contribution in [3.05, 3.63) is 21.8 Å². The summed E-state index contributed by atoms with van der Waals surface area (Å²) >= 11 is 1.30. The van der Waals surface area contributed by atoms with Crippen LogP contribution in [0.1, 0.15) is 0 Å². The molecule has 2 rings (SSSR count). The van der Waals surface area contributed by atoms with E-state index in [-0.39, 0.29) is 11.5 Å². The average molecular weight is 197 g/mol. The quantitative estimate of drug-likeness (QED) is 0.421. The van der Waals surface area contributed by atoms with Gasteiger partial charge in [-0.15, -0.1) is 11.3 Å². The highest BCUT2D eigenvalue weighted by atomic mass is 32.1. The van der Waals surface area contributed by atoms with Crippen molar-refractivity contribution < 1.29 is 0 Å². The number of nitrogen functional groups attached to an aromatic ring is 2. The Morgan fingerprint density at radius 2 is 2.38 bits per heavy atom. The van der Waals surface area contributed by atoms with E-state index in [1.165, 1.54) is 11.3 Å². The first-order valence-electron chi connectivity index (χ1n) is 3.46. The van der Waals surface area contributed by atoms with E-state index >= 15 is 0 Å². The normalized spacial score (nSPS) is 10.5. The molecule has 0 aliphatic rings. The van der Waals surface area contributed by atoms with E-state index in [9.17, 15) is 4.79 Å². The number of nitrogens with two attached hydrogens (primary N) is 2. The molecule has 0 spiro atoms. The van der Waals surface area contributed by atoms with Crippen LogP contribution in [0.5, 0.6) is 0 Å². The summed E-state index contributed by atoms with van der Waals surface area (Å²) in [5.41, 5.74) is 2.55. The van der Waals surface area contributed by atoms with E-state index in [0.717, 1.165) is 4.68 Å². The Labute approximate surface area is 76.7 Å². The van der Waals surface area contributed by atoms with Gasteiger partial charge in [0.2, 0.25) is 5.95 Å². The van der Waals surface area contributed by atoms with Crippen LogP contribution in [-0.2, 0) is 0 Å². The summed E-state index contributed by atoms with van der Waals surface area (Å²) < 4.78 is 1.42. The van der Waals surface area contributed by atoms with Crippen LogP contribution < -0.4 is 22.7 Å². The van der Waals surface area contributed by atoms with Crippen LogP contribution in [0.4, 0.5) is 5.95 Å². The van der Waals surface area contributed by atoms with Crippen molar-refractivity contribution in [2.24, 2.45) is 5.84 Å². The maximum Gasteiger partial charge on any atom is 0.291 e. The molecule has 2 aromatic heterocycles. The van der Waals surface area contributed by atoms with Crippen LogP contribution in [-0.4, -0.2) is 9.66 Å². The molecule has 0 atom stereocenters. The summed E-state index contributed by atoms with van der Waals surface area (Å²) in [5.74, 6) is 10.7. The third kappa shape index (κ3) is 1.05. The molecule has 68 valence electrons. The maximum absolute atomic E-state index is 11.5. The van der Waals surface area contributed by atoms with Gasteiger partial charge in [0.15, 0.2) is 0 Å². The molecule has 5 N–H and O–H groups in total. The number of hydrogen-bond donors (Lipinski definition) is 3. The van der Waals surface area contributed by atoms with Gasteiger partial charge in [-0.05, 0) is 11.4 Å². The van der Waals surface area contributed by atoms with Gasteiger partial charge in [0.1, 0.15) is 4.70 Å². The molecule has 0 amide bonds. The summed E-state index contributed by atoms with van der Waals surface area (Å²) in [6.07, 6.45) is 0. The standard InChI is InChI=1S/C6H7N5OS/c7-10-6-9-3-1-2-13-4(3)5(12)11(6)8/h1-2H,7-8H2,(H,9,10). The van der Waals surface area contributed by atoms with Crippen LogP contribution in [0, 0.1) is 0 Å². The summed E-state index contributed by atoms with van der Waals surface area (Å²) in [5, 5.41) is 1.78. The highest BCUT2D eigenvalue weighted by Gasteiger charge is 2.07. The zero-order valence-corrected chi connectivity index (χ0v) is 7.34. The fraction of sp³-hybridized carbons (Fsp3) is 0. The molecule has 0 radical (unpaired) electrons. The average Bonchev–Trinajstić information content (AvgIpc) is 2.59. The van der Waals surface area contributed by atoms with Crippen LogP contribution in [0.15, 0.2) is 16.2 Å². The Morgan fingerprint density at radius 3 is 3.08 bits per heavy atom. The molecule has 6 nitrogen and oxygen atoms in total. The van der Waals surface area contributed by atoms with Gasteiger partial charge in [0.25, 0.3) is 5.56 Å². The lowest BCUT2D eigenvalue weighted by Crippen LogP contribution is -2.31. The van der Waals surface area contributed by atoms with E-state index in [1.54, 1.807) is 11.4 Å². The number of anilines is 1. The maximum atomic E-state index is 11.5. The lowest BCUT2D eigenvalue weighted by Gasteiger charge is -2.04. The fourth-order valence-corrected chi connectivity index (χ4v) is 1.79. The van der Waals surface area contributed by atoms with Crippen LogP contribution in [0.2, 0.25) is 0 Å². The van der Waals surface area contributed by atoms with Gasteiger partial charge < -0.3 is 5.84 Å². The zero-order valence-electron chi connectivity index (χ0n) is 6.52. The number of hydrazine groups is 1. The number of aromatic nitrogens is 2. The molecule has 0 unspecified atom stereocenters. The Kier molecular flexibility index (Phi) is 1.67. The largest absolute Gasteiger partial charge is 0.333 e. The van der Waals surface area contributed by atoms with Crippen molar-refractivity contribution >= 4 is 27.5 Å². The van der Waals surface area contributed by atoms with Gasteiger partial charge >= 0.3 is 0 Å². The summed E-state index contributed by atoms with van der Waals surface area (Å²) in [4.78, 5) is 15.5. The molecule has 13 heavy (non-hydrogen) atoms. The first kappa shape index (κ1) is 8.02. The highest BCUT2D eigenvalue weighted by molar-refractivity contribution is 7.17. The van der Waals surface area contributed by atoms with Gasteiger partial charge in [0.05, 0.1) is 5.52 Å². The van der Waals surface area contributed by atoms with Crippen molar-refractivity contribution in [1.29, 1.82) is 0 Å². The molecule has 0 aliphatic heterocycles. The summed E-state index contributed by atoms with van der Waals surface area (Å²) in [6.45, 7) is 0. The Balaban J connectivity index is 2.92. The molecule has 7 heteroatoms. The van der Waals surface area contributed by atoms with E-state index < -0.39 is 0 Å². The van der Waals surface area contributed by atoms with Crippen molar-refractivity contribution in [3.63, 3.8) is 0 Å². The van der Waals surface area contributed by atoms with Gasteiger partial charge in [-0.3, -0.25) is 10.2 Å². The third-order valence-electron chi connectivity index (χ3n) is 1.64. The summed E-state index contributed by atoms with van der Waals surface area (Å²) in [7, 11) is 0. The van der Waals surface area contributed by atoms with Gasteiger partial charge in [-0.2, -0.15) is 4.68 Å². The van der Waals surface area contributed by atoms with Crippen LogP contribution in [0.3, 0.4) is 0 Å². The monoisotopic (exact) mass is 197 g/mol. The molecular formula is C6H7N5OS. The number of hydrogen-bond acceptors (Lipinski definition) is 6. The van der Waals surface area contributed by atoms with Crippen molar-refractivity contribution in [1.82, 2.24) is 9.66 Å². The van der Waals surface area contributed by atoms with Crippen molar-refractivity contribution in [2.75, 3.05) is 11.3 Å². The second-order valence-electron chi connectivity index (χ2n) is 2.39. The Morgan fingerprint density at radius 1 is 1.62 bits per heavy atom. The van der Waals surface area contributed by atoms with Gasteiger partial charge in [-0.25, -0.2) is 10.8 Å². The molecular weight excluding hydrogens is 190 g/mol. The zero-order chi connectivity index (χ0) is 9.42. The fourth-order valence-electron chi connectivity index (χ4n) is 1.03. The smallest absolute Gasteiger partial charge is 0.291 e. The molecule has 0 fully saturated rings. The second kappa shape index (κ2) is 2.71. The topological polar surface area (TPSA) is 99.0 Å². The van der Waals surface area contributed by atoms with E-state index in [2.05, 4.69) is 10.4 Å². The highest BCUT2D eigenvalue weighted by Crippen LogP contribution is 2.15. The molecule has 2 aromatic rings. The lowest BCUT2D eigenvalue weighted by atomic mass is 10.5. The lowest BCUT2D eigenvalue weighted by molar-refractivity contribution is 0.914. The predicted octanol–water partition coefficient (Wildman–Crippen LogP) is -0.543. The van der Waals surface area contributed by atoms with E-state index in [1.807, 2.05) is 0 Å². The number of nitrogens with one attached hydrogen (secondary N) is 1. The first-order valence-corrected chi connectivity index (χ1v) is 4.34. The Hall–Kier alpha value is -1.60. The molecule has 0 aliphatic carbocycles. The number of thiophene rings is 1. The summed E-state index contributed by atoms with van der Waals surface area (Å²) in [6, 6.07) is 1.74. The van der Waals surface area contributed by atoms with Crippen molar-refractivity contribution in [2.45, 2.75) is 0 Å². The number of fused-ring (bicyclic) bond motifs is 1. The van der Waals surface area contributed by atoms with Gasteiger partial charge in [0, 0.05) is 0 Å². The van der Waals surface area contributed by atoms with Crippen LogP contribution in [0.25, 0.3) is 10.2 Å². The first-order chi connectivity index (χ1) is 6.24. The molecule has 0 saturated carbocycles. The van der Waals surface area contributed by atoms with Gasteiger partial charge in [-0.1, -0.05) is 0 Å². The second-order valence-corrected chi connectivity index (χ2v) is 3.31. The van der Waals surface area contributed by atoms with Crippen molar-refractivity contribution in [3.8, 4) is 0 Å².